The van der Waals surface area contributed by atoms with Gasteiger partial charge in [0, 0.05) is 26.1 Å². The van der Waals surface area contributed by atoms with Crippen molar-refractivity contribution >= 4 is 11.9 Å². The van der Waals surface area contributed by atoms with E-state index in [0.717, 1.165) is 12.8 Å². The molecule has 0 saturated heterocycles. The number of aliphatic carboxylic acids is 1. The van der Waals surface area contributed by atoms with Gasteiger partial charge in [-0.05, 0) is 32.6 Å². The maximum absolute atomic E-state index is 10.8. The fourth-order valence-electron chi connectivity index (χ4n) is 1.02. The number of unbranched alkanes of at least 4 members (excludes halogenated alkanes) is 2. The van der Waals surface area contributed by atoms with Crippen molar-refractivity contribution in [3.63, 3.8) is 0 Å². The van der Waals surface area contributed by atoms with Crippen LogP contribution in [0.4, 0.5) is 0 Å². The Labute approximate surface area is 112 Å². The lowest BCUT2D eigenvalue weighted by atomic mass is 10.2. The normalized spacial score (nSPS) is 11.2. The summed E-state index contributed by atoms with van der Waals surface area (Å²) in [6.07, 6.45) is 1.47. The van der Waals surface area contributed by atoms with Gasteiger partial charge in [-0.1, -0.05) is 0 Å². The van der Waals surface area contributed by atoms with Gasteiger partial charge in [0.25, 0.3) is 0 Å². The summed E-state index contributed by atoms with van der Waals surface area (Å²) in [5, 5.41) is 33.1. The molecule has 1 atom stereocenters. The van der Waals surface area contributed by atoms with E-state index in [1.54, 1.807) is 0 Å². The molecule has 7 heteroatoms. The third-order valence-corrected chi connectivity index (χ3v) is 1.89. The second-order valence-corrected chi connectivity index (χ2v) is 3.84. The number of rotatable bonds is 9. The highest BCUT2D eigenvalue weighted by Crippen LogP contribution is 2.02. The van der Waals surface area contributed by atoms with Crippen molar-refractivity contribution in [3.8, 4) is 0 Å². The molecule has 7 nitrogen and oxygen atoms in total. The Balaban J connectivity index is 0. The minimum atomic E-state index is -1.09. The zero-order valence-electron chi connectivity index (χ0n) is 11.2. The molecule has 19 heavy (non-hydrogen) atoms. The predicted molar refractivity (Wildman–Crippen MR) is 67.3 cm³/mol. The van der Waals surface area contributed by atoms with E-state index < -0.39 is 18.2 Å². The average Bonchev–Trinajstić information content (AvgIpc) is 2.32. The highest BCUT2D eigenvalue weighted by Gasteiger charge is 2.06. The first-order valence-electron chi connectivity index (χ1n) is 6.25. The van der Waals surface area contributed by atoms with Crippen LogP contribution in [0, 0.1) is 0 Å². The fourth-order valence-corrected chi connectivity index (χ4v) is 1.02. The predicted octanol–water partition coefficient (Wildman–Crippen LogP) is 0.264. The van der Waals surface area contributed by atoms with E-state index in [4.69, 9.17) is 20.4 Å². The smallest absolute Gasteiger partial charge is 0.308 e. The van der Waals surface area contributed by atoms with Crippen LogP contribution in [0.3, 0.4) is 0 Å². The number of hydrogen-bond acceptors (Lipinski definition) is 6. The standard InChI is InChI=1S/C8H14O5.C4H10O2/c1-6(9)13-8(12)5-3-2-4-7(10)11;5-3-1-2-4-6/h6,9H,2-5H2,1H3,(H,10,11);5-6H,1-4H2. The maximum Gasteiger partial charge on any atom is 0.308 e. The second-order valence-electron chi connectivity index (χ2n) is 3.84. The largest absolute Gasteiger partial charge is 0.481 e. The zero-order valence-corrected chi connectivity index (χ0v) is 11.2. The molecule has 0 heterocycles. The van der Waals surface area contributed by atoms with Crippen LogP contribution >= 0.6 is 0 Å². The molecular formula is C12H24O7. The van der Waals surface area contributed by atoms with Gasteiger partial charge in [-0.3, -0.25) is 9.59 Å². The Morgan fingerprint density at radius 3 is 1.84 bits per heavy atom. The van der Waals surface area contributed by atoms with Crippen molar-refractivity contribution in [1.29, 1.82) is 0 Å². The topological polar surface area (TPSA) is 124 Å². The van der Waals surface area contributed by atoms with Crippen LogP contribution in [0.2, 0.25) is 0 Å². The van der Waals surface area contributed by atoms with Gasteiger partial charge in [0.05, 0.1) is 0 Å². The number of aliphatic hydroxyl groups excluding tert-OH is 3. The lowest BCUT2D eigenvalue weighted by Gasteiger charge is -2.05. The Morgan fingerprint density at radius 1 is 1.00 bits per heavy atom. The minimum Gasteiger partial charge on any atom is -0.481 e. The van der Waals surface area contributed by atoms with E-state index >= 15 is 0 Å². The number of aliphatic hydroxyl groups is 3. The third kappa shape index (κ3) is 22.5. The Morgan fingerprint density at radius 2 is 1.47 bits per heavy atom. The highest BCUT2D eigenvalue weighted by atomic mass is 16.6. The molecule has 0 fully saturated rings. The lowest BCUT2D eigenvalue weighted by molar-refractivity contribution is -0.165. The van der Waals surface area contributed by atoms with Gasteiger partial charge in [-0.15, -0.1) is 0 Å². The molecule has 0 aromatic rings. The molecule has 0 bridgehead atoms. The van der Waals surface area contributed by atoms with Crippen molar-refractivity contribution in [2.24, 2.45) is 0 Å². The molecule has 0 spiro atoms. The molecule has 4 N–H and O–H groups in total. The number of carboxylic acids is 1. The number of carbonyl (C=O) groups is 2. The number of ether oxygens (including phenoxy) is 1. The number of carboxylic acid groups (broad SMARTS) is 1. The monoisotopic (exact) mass is 280 g/mol. The van der Waals surface area contributed by atoms with E-state index in [2.05, 4.69) is 4.74 Å². The van der Waals surface area contributed by atoms with Crippen LogP contribution in [0.1, 0.15) is 45.4 Å². The quantitative estimate of drug-likeness (QED) is 0.271. The van der Waals surface area contributed by atoms with E-state index in [0.29, 0.717) is 12.8 Å². The summed E-state index contributed by atoms with van der Waals surface area (Å²) in [4.78, 5) is 20.8. The zero-order chi connectivity index (χ0) is 15.1. The van der Waals surface area contributed by atoms with Crippen LogP contribution in [-0.2, 0) is 14.3 Å². The second kappa shape index (κ2) is 14.9. The van der Waals surface area contributed by atoms with Crippen LogP contribution in [0.25, 0.3) is 0 Å². The molecule has 0 aliphatic rings. The van der Waals surface area contributed by atoms with Crippen molar-refractivity contribution in [2.45, 2.75) is 51.7 Å². The summed E-state index contributed by atoms with van der Waals surface area (Å²) in [6, 6.07) is 0. The first-order chi connectivity index (χ1) is 8.93. The fraction of sp³-hybridized carbons (Fsp3) is 0.833. The number of carbonyl (C=O) groups excluding carboxylic acids is 1. The summed E-state index contributed by atoms with van der Waals surface area (Å²) < 4.78 is 4.43. The molecule has 0 aliphatic heterocycles. The van der Waals surface area contributed by atoms with Gasteiger partial charge < -0.3 is 25.2 Å². The van der Waals surface area contributed by atoms with Gasteiger partial charge in [-0.25, -0.2) is 0 Å². The minimum absolute atomic E-state index is 0.0575. The number of hydrogen-bond donors (Lipinski definition) is 4. The van der Waals surface area contributed by atoms with Gasteiger partial charge in [0.1, 0.15) is 0 Å². The molecule has 1 unspecified atom stereocenters. The Hall–Kier alpha value is -1.18. The Bertz CT molecular complexity index is 224. The molecule has 0 radical (unpaired) electrons. The third-order valence-electron chi connectivity index (χ3n) is 1.89. The number of esters is 1. The molecule has 0 saturated carbocycles. The molecule has 0 aromatic carbocycles. The molecule has 114 valence electrons. The Kier molecular flexibility index (Phi) is 15.8. The van der Waals surface area contributed by atoms with Crippen molar-refractivity contribution < 1.29 is 34.8 Å². The van der Waals surface area contributed by atoms with Crippen molar-refractivity contribution in [1.82, 2.24) is 0 Å². The van der Waals surface area contributed by atoms with E-state index in [9.17, 15) is 9.59 Å². The summed E-state index contributed by atoms with van der Waals surface area (Å²) >= 11 is 0. The van der Waals surface area contributed by atoms with E-state index in [-0.39, 0.29) is 26.1 Å². The summed E-state index contributed by atoms with van der Waals surface area (Å²) in [7, 11) is 0. The van der Waals surface area contributed by atoms with Crippen molar-refractivity contribution in [2.75, 3.05) is 13.2 Å². The van der Waals surface area contributed by atoms with Gasteiger partial charge in [0.15, 0.2) is 6.29 Å². The van der Waals surface area contributed by atoms with Crippen molar-refractivity contribution in [3.05, 3.63) is 0 Å². The SMILES string of the molecule is CC(O)OC(=O)CCCCC(=O)O.OCCCCO. The van der Waals surface area contributed by atoms with E-state index in [1.165, 1.54) is 6.92 Å². The highest BCUT2D eigenvalue weighted by molar-refractivity contribution is 5.69. The summed E-state index contributed by atoms with van der Waals surface area (Å²) in [6.45, 7) is 1.73. The van der Waals surface area contributed by atoms with Crippen LogP contribution < -0.4 is 0 Å². The van der Waals surface area contributed by atoms with Gasteiger partial charge in [0.2, 0.25) is 0 Å². The first-order valence-corrected chi connectivity index (χ1v) is 6.25. The van der Waals surface area contributed by atoms with Crippen LogP contribution in [-0.4, -0.2) is 51.9 Å². The molecule has 0 rings (SSSR count). The molecule has 0 aliphatic carbocycles. The molecular weight excluding hydrogens is 256 g/mol. The van der Waals surface area contributed by atoms with Crippen LogP contribution in [0.15, 0.2) is 0 Å². The molecule has 0 amide bonds. The van der Waals surface area contributed by atoms with Crippen LogP contribution in [0.5, 0.6) is 0 Å². The summed E-state index contributed by atoms with van der Waals surface area (Å²) in [5.74, 6) is -1.37. The van der Waals surface area contributed by atoms with E-state index in [1.807, 2.05) is 0 Å². The maximum atomic E-state index is 10.8. The molecule has 0 aromatic heterocycles. The van der Waals surface area contributed by atoms with Gasteiger partial charge >= 0.3 is 11.9 Å². The van der Waals surface area contributed by atoms with Gasteiger partial charge in [-0.2, -0.15) is 0 Å². The summed E-state index contributed by atoms with van der Waals surface area (Å²) in [5.41, 5.74) is 0. The average molecular weight is 280 g/mol. The first kappa shape index (κ1) is 20.1. The lowest BCUT2D eigenvalue weighted by Crippen LogP contribution is -2.13.